The van der Waals surface area contributed by atoms with Gasteiger partial charge >= 0.3 is 0 Å². The number of rotatable bonds is 5. The van der Waals surface area contributed by atoms with E-state index in [0.29, 0.717) is 11.8 Å². The molecule has 3 rings (SSSR count). The molecular formula is C17H16ClN5O. The maximum atomic E-state index is 6.10. The maximum Gasteiger partial charge on any atom is 0.249 e. The van der Waals surface area contributed by atoms with Crippen molar-refractivity contribution in [1.29, 1.82) is 0 Å². The van der Waals surface area contributed by atoms with E-state index in [9.17, 15) is 0 Å². The minimum absolute atomic E-state index is 0.207. The van der Waals surface area contributed by atoms with Gasteiger partial charge in [0.05, 0.1) is 7.11 Å². The lowest BCUT2D eigenvalue weighted by Gasteiger charge is -2.11. The number of para-hydroxylation sites is 1. The van der Waals surface area contributed by atoms with Crippen molar-refractivity contribution in [1.82, 2.24) is 15.2 Å². The molecule has 0 atom stereocenters. The largest absolute Gasteiger partial charge is 0.497 e. The van der Waals surface area contributed by atoms with E-state index in [2.05, 4.69) is 25.8 Å². The molecule has 0 saturated carbocycles. The van der Waals surface area contributed by atoms with Crippen LogP contribution in [0.5, 0.6) is 5.75 Å². The number of benzene rings is 2. The normalized spacial score (nSPS) is 10.3. The van der Waals surface area contributed by atoms with Gasteiger partial charge in [-0.1, -0.05) is 29.8 Å². The van der Waals surface area contributed by atoms with E-state index in [-0.39, 0.29) is 5.15 Å². The van der Waals surface area contributed by atoms with Crippen molar-refractivity contribution in [2.45, 2.75) is 6.92 Å². The van der Waals surface area contributed by atoms with Crippen molar-refractivity contribution in [3.05, 3.63) is 59.2 Å². The number of nitrogens with zero attached hydrogens (tertiary/aromatic N) is 3. The molecule has 2 N–H and O–H groups in total. The summed E-state index contributed by atoms with van der Waals surface area (Å²) in [5, 5.41) is 14.4. The van der Waals surface area contributed by atoms with Crippen molar-refractivity contribution in [2.24, 2.45) is 0 Å². The Morgan fingerprint density at radius 2 is 1.71 bits per heavy atom. The van der Waals surface area contributed by atoms with Crippen LogP contribution < -0.4 is 15.4 Å². The zero-order valence-corrected chi connectivity index (χ0v) is 14.0. The van der Waals surface area contributed by atoms with Gasteiger partial charge in [0.1, 0.15) is 5.75 Å². The summed E-state index contributed by atoms with van der Waals surface area (Å²) in [6, 6.07) is 15.3. The average Bonchev–Trinajstić information content (AvgIpc) is 2.60. The summed E-state index contributed by atoms with van der Waals surface area (Å²) in [7, 11) is 1.62. The fourth-order valence-electron chi connectivity index (χ4n) is 2.09. The Labute approximate surface area is 144 Å². The van der Waals surface area contributed by atoms with E-state index in [1.807, 2.05) is 55.5 Å². The van der Waals surface area contributed by atoms with E-state index in [0.717, 1.165) is 22.7 Å². The molecule has 0 aliphatic heterocycles. The molecule has 24 heavy (non-hydrogen) atoms. The third-order valence-electron chi connectivity index (χ3n) is 3.39. The zero-order valence-electron chi connectivity index (χ0n) is 13.2. The van der Waals surface area contributed by atoms with Crippen LogP contribution in [0.1, 0.15) is 5.56 Å². The lowest BCUT2D eigenvalue weighted by molar-refractivity contribution is 0.415. The number of halogens is 1. The van der Waals surface area contributed by atoms with Gasteiger partial charge in [0, 0.05) is 11.4 Å². The standard InChI is InChI=1S/C17H16ClN5O/c1-11-5-3-4-6-14(11)20-16-15(18)22-23-17(21-16)19-12-7-9-13(24-2)10-8-12/h3-10H,1-2H3,(H2,19,20,21,23). The van der Waals surface area contributed by atoms with Gasteiger partial charge in [0.15, 0.2) is 11.0 Å². The van der Waals surface area contributed by atoms with Crippen molar-refractivity contribution in [3.63, 3.8) is 0 Å². The molecule has 0 fully saturated rings. The minimum atomic E-state index is 0.207. The van der Waals surface area contributed by atoms with E-state index in [4.69, 9.17) is 16.3 Å². The van der Waals surface area contributed by atoms with E-state index >= 15 is 0 Å². The Morgan fingerprint density at radius 1 is 0.958 bits per heavy atom. The predicted molar refractivity (Wildman–Crippen MR) is 95.6 cm³/mol. The summed E-state index contributed by atoms with van der Waals surface area (Å²) in [4.78, 5) is 4.39. The molecule has 2 aromatic carbocycles. The summed E-state index contributed by atoms with van der Waals surface area (Å²) in [6.07, 6.45) is 0. The highest BCUT2D eigenvalue weighted by molar-refractivity contribution is 6.31. The summed E-state index contributed by atoms with van der Waals surface area (Å²) in [5.74, 6) is 1.57. The minimum Gasteiger partial charge on any atom is -0.497 e. The van der Waals surface area contributed by atoms with Crippen LogP contribution in [0, 0.1) is 6.92 Å². The molecule has 0 unspecified atom stereocenters. The summed E-state index contributed by atoms with van der Waals surface area (Å²) in [6.45, 7) is 2.00. The lowest BCUT2D eigenvalue weighted by Crippen LogP contribution is -2.04. The first kappa shape index (κ1) is 16.0. The number of hydrogen-bond donors (Lipinski definition) is 2. The highest BCUT2D eigenvalue weighted by Gasteiger charge is 2.09. The number of methoxy groups -OCH3 is 1. The van der Waals surface area contributed by atoms with Gasteiger partial charge in [0.2, 0.25) is 5.95 Å². The fraction of sp³-hybridized carbons (Fsp3) is 0.118. The molecule has 122 valence electrons. The number of hydrogen-bond acceptors (Lipinski definition) is 6. The first-order valence-corrected chi connectivity index (χ1v) is 7.67. The monoisotopic (exact) mass is 341 g/mol. The number of ether oxygens (including phenoxy) is 1. The first-order chi connectivity index (χ1) is 11.7. The molecule has 6 nitrogen and oxygen atoms in total. The van der Waals surface area contributed by atoms with E-state index in [1.165, 1.54) is 0 Å². The van der Waals surface area contributed by atoms with Crippen LogP contribution >= 0.6 is 11.6 Å². The number of nitrogens with one attached hydrogen (secondary N) is 2. The Kier molecular flexibility index (Phi) is 4.77. The molecule has 3 aromatic rings. The van der Waals surface area contributed by atoms with Gasteiger partial charge in [-0.2, -0.15) is 4.98 Å². The fourth-order valence-corrected chi connectivity index (χ4v) is 2.22. The summed E-state index contributed by atoms with van der Waals surface area (Å²) >= 11 is 6.10. The van der Waals surface area contributed by atoms with Gasteiger partial charge in [-0.15, -0.1) is 10.2 Å². The van der Waals surface area contributed by atoms with Crippen LogP contribution in [0.25, 0.3) is 0 Å². The highest BCUT2D eigenvalue weighted by atomic mass is 35.5. The molecule has 1 heterocycles. The predicted octanol–water partition coefficient (Wildman–Crippen LogP) is 4.33. The SMILES string of the molecule is COc1ccc(Nc2nnc(Cl)c(Nc3ccccc3C)n2)cc1. The van der Waals surface area contributed by atoms with Crippen LogP contribution in [0.3, 0.4) is 0 Å². The van der Waals surface area contributed by atoms with Crippen molar-refractivity contribution in [3.8, 4) is 5.75 Å². The van der Waals surface area contributed by atoms with Crippen molar-refractivity contribution < 1.29 is 4.74 Å². The van der Waals surface area contributed by atoms with Gasteiger partial charge < -0.3 is 15.4 Å². The third kappa shape index (κ3) is 3.72. The Bertz CT molecular complexity index is 839. The quantitative estimate of drug-likeness (QED) is 0.719. The molecule has 0 bridgehead atoms. The number of anilines is 4. The van der Waals surface area contributed by atoms with Crippen molar-refractivity contribution >= 4 is 34.7 Å². The van der Waals surface area contributed by atoms with Gasteiger partial charge in [-0.25, -0.2) is 0 Å². The molecule has 0 amide bonds. The van der Waals surface area contributed by atoms with Crippen LogP contribution in [0.2, 0.25) is 5.15 Å². The Balaban J connectivity index is 1.81. The van der Waals surface area contributed by atoms with Crippen LogP contribution in [-0.2, 0) is 0 Å². The molecule has 1 aromatic heterocycles. The van der Waals surface area contributed by atoms with E-state index in [1.54, 1.807) is 7.11 Å². The average molecular weight is 342 g/mol. The van der Waals surface area contributed by atoms with Crippen molar-refractivity contribution in [2.75, 3.05) is 17.7 Å². The van der Waals surface area contributed by atoms with Gasteiger partial charge in [0.25, 0.3) is 0 Å². The first-order valence-electron chi connectivity index (χ1n) is 7.29. The van der Waals surface area contributed by atoms with Crippen LogP contribution in [0.15, 0.2) is 48.5 Å². The highest BCUT2D eigenvalue weighted by Crippen LogP contribution is 2.25. The smallest absolute Gasteiger partial charge is 0.249 e. The summed E-state index contributed by atoms with van der Waals surface area (Å²) in [5.41, 5.74) is 2.81. The topological polar surface area (TPSA) is 72.0 Å². The van der Waals surface area contributed by atoms with Crippen LogP contribution in [-0.4, -0.2) is 22.3 Å². The lowest BCUT2D eigenvalue weighted by atomic mass is 10.2. The molecule has 0 aliphatic carbocycles. The Morgan fingerprint density at radius 3 is 2.42 bits per heavy atom. The van der Waals surface area contributed by atoms with Gasteiger partial charge in [-0.3, -0.25) is 0 Å². The molecule has 0 radical (unpaired) electrons. The molecule has 0 aliphatic rings. The van der Waals surface area contributed by atoms with E-state index < -0.39 is 0 Å². The molecular weight excluding hydrogens is 326 g/mol. The second kappa shape index (κ2) is 7.14. The second-order valence-electron chi connectivity index (χ2n) is 5.07. The maximum absolute atomic E-state index is 6.10. The third-order valence-corrected chi connectivity index (χ3v) is 3.64. The Hall–Kier alpha value is -2.86. The van der Waals surface area contributed by atoms with Crippen LogP contribution in [0.4, 0.5) is 23.1 Å². The second-order valence-corrected chi connectivity index (χ2v) is 5.43. The van der Waals surface area contributed by atoms with Gasteiger partial charge in [-0.05, 0) is 42.8 Å². The zero-order chi connectivity index (χ0) is 16.9. The molecule has 0 spiro atoms. The number of aromatic nitrogens is 3. The number of aryl methyl sites for hydroxylation is 1. The molecule has 7 heteroatoms. The summed E-state index contributed by atoms with van der Waals surface area (Å²) < 4.78 is 5.13. The molecule has 0 saturated heterocycles.